The fraction of sp³-hybridized carbons (Fsp3) is 0.467. The average Bonchev–Trinajstić information content (AvgIpc) is 2.27. The number of rotatable bonds is 0. The van der Waals surface area contributed by atoms with Crippen molar-refractivity contribution in [3.63, 3.8) is 0 Å². The molecule has 2 heterocycles. The van der Waals surface area contributed by atoms with Crippen LogP contribution in [-0.4, -0.2) is 22.2 Å². The Hall–Kier alpha value is -1.36. The summed E-state index contributed by atoms with van der Waals surface area (Å²) < 4.78 is 5.24. The van der Waals surface area contributed by atoms with Gasteiger partial charge in [-0.2, -0.15) is 0 Å². The fourth-order valence-electron chi connectivity index (χ4n) is 3.17. The summed E-state index contributed by atoms with van der Waals surface area (Å²) in [5.41, 5.74) is 4.52. The fourth-order valence-corrected chi connectivity index (χ4v) is 3.17. The van der Waals surface area contributed by atoms with E-state index in [1.165, 1.54) is 0 Å². The Kier molecular flexibility index (Phi) is 2.55. The lowest BCUT2D eigenvalue weighted by Crippen LogP contribution is -2.55. The minimum Gasteiger partial charge on any atom is -0.364 e. The monoisotopic (exact) mass is 261 g/mol. The highest BCUT2D eigenvalue weighted by atomic mass is 16.7. The molecule has 0 aromatic heterocycles. The Labute approximate surface area is 112 Å². The van der Waals surface area contributed by atoms with Gasteiger partial charge in [0.1, 0.15) is 0 Å². The van der Waals surface area contributed by atoms with Gasteiger partial charge in [0, 0.05) is 11.1 Å². The SMILES string of the molecule is CC1=CC(C)(C)N2c3c1cc(C)cc3[C@H](O)O[C@H]2O. The summed E-state index contributed by atoms with van der Waals surface area (Å²) in [6.45, 7) is 8.09. The lowest BCUT2D eigenvalue weighted by molar-refractivity contribution is -0.222. The topological polar surface area (TPSA) is 52.9 Å². The number of aliphatic hydroxyl groups excluding tert-OH is 2. The van der Waals surface area contributed by atoms with Crippen molar-refractivity contribution >= 4 is 11.3 Å². The zero-order chi connectivity index (χ0) is 13.9. The van der Waals surface area contributed by atoms with Gasteiger partial charge in [0.15, 0.2) is 6.29 Å². The predicted molar refractivity (Wildman–Crippen MR) is 73.4 cm³/mol. The van der Waals surface area contributed by atoms with Crippen molar-refractivity contribution in [2.75, 3.05) is 4.90 Å². The molecule has 2 aliphatic rings. The molecule has 2 atom stereocenters. The van der Waals surface area contributed by atoms with Crippen molar-refractivity contribution in [2.24, 2.45) is 0 Å². The van der Waals surface area contributed by atoms with Gasteiger partial charge in [-0.15, -0.1) is 0 Å². The smallest absolute Gasteiger partial charge is 0.241 e. The molecule has 0 bridgehead atoms. The third-order valence-corrected chi connectivity index (χ3v) is 3.88. The number of benzene rings is 1. The van der Waals surface area contributed by atoms with Crippen LogP contribution in [0, 0.1) is 6.92 Å². The predicted octanol–water partition coefficient (Wildman–Crippen LogP) is 2.29. The van der Waals surface area contributed by atoms with Gasteiger partial charge in [0.05, 0.1) is 11.2 Å². The van der Waals surface area contributed by atoms with Crippen LogP contribution in [0.25, 0.3) is 5.57 Å². The summed E-state index contributed by atoms with van der Waals surface area (Å²) in [6, 6.07) is 3.99. The molecule has 2 aliphatic heterocycles. The Morgan fingerprint density at radius 1 is 1.21 bits per heavy atom. The molecule has 2 N–H and O–H groups in total. The normalized spacial score (nSPS) is 27.9. The van der Waals surface area contributed by atoms with Gasteiger partial charge in [-0.3, -0.25) is 0 Å². The van der Waals surface area contributed by atoms with E-state index in [-0.39, 0.29) is 5.54 Å². The first-order valence-electron chi connectivity index (χ1n) is 6.46. The highest BCUT2D eigenvalue weighted by molar-refractivity contribution is 5.84. The molecule has 4 nitrogen and oxygen atoms in total. The van der Waals surface area contributed by atoms with Crippen molar-refractivity contribution in [3.05, 3.63) is 34.9 Å². The Bertz CT molecular complexity index is 577. The zero-order valence-electron chi connectivity index (χ0n) is 11.6. The van der Waals surface area contributed by atoms with Crippen LogP contribution in [0.5, 0.6) is 0 Å². The number of hydrogen-bond donors (Lipinski definition) is 2. The second-order valence-corrected chi connectivity index (χ2v) is 5.92. The Balaban J connectivity index is 2.34. The van der Waals surface area contributed by atoms with Crippen LogP contribution in [-0.2, 0) is 4.74 Å². The van der Waals surface area contributed by atoms with Crippen LogP contribution in [0.3, 0.4) is 0 Å². The summed E-state index contributed by atoms with van der Waals surface area (Å²) in [5, 5.41) is 20.2. The first-order valence-corrected chi connectivity index (χ1v) is 6.46. The molecule has 1 aromatic carbocycles. The third kappa shape index (κ3) is 1.71. The number of aliphatic hydroxyl groups is 2. The number of ether oxygens (including phenoxy) is 1. The molecule has 102 valence electrons. The van der Waals surface area contributed by atoms with Crippen molar-refractivity contribution in [1.82, 2.24) is 0 Å². The number of nitrogens with zero attached hydrogens (tertiary/aromatic N) is 1. The molecule has 3 rings (SSSR count). The van der Waals surface area contributed by atoms with Gasteiger partial charge in [-0.25, -0.2) is 0 Å². The Morgan fingerprint density at radius 2 is 1.89 bits per heavy atom. The molecular weight excluding hydrogens is 242 g/mol. The molecule has 0 fully saturated rings. The van der Waals surface area contributed by atoms with E-state index < -0.39 is 12.7 Å². The van der Waals surface area contributed by atoms with Crippen molar-refractivity contribution in [1.29, 1.82) is 0 Å². The van der Waals surface area contributed by atoms with Crippen LogP contribution in [0.1, 0.15) is 43.8 Å². The zero-order valence-corrected chi connectivity index (χ0v) is 11.6. The van der Waals surface area contributed by atoms with Crippen molar-refractivity contribution < 1.29 is 14.9 Å². The minimum atomic E-state index is -1.14. The van der Waals surface area contributed by atoms with E-state index in [0.717, 1.165) is 28.0 Å². The summed E-state index contributed by atoms with van der Waals surface area (Å²) in [5.74, 6) is 0. The lowest BCUT2D eigenvalue weighted by atomic mass is 9.85. The third-order valence-electron chi connectivity index (χ3n) is 3.88. The summed E-state index contributed by atoms with van der Waals surface area (Å²) in [6.07, 6.45) is -0.104. The lowest BCUT2D eigenvalue weighted by Gasteiger charge is -2.49. The van der Waals surface area contributed by atoms with Gasteiger partial charge in [-0.1, -0.05) is 6.08 Å². The average molecular weight is 261 g/mol. The summed E-state index contributed by atoms with van der Waals surface area (Å²) in [4.78, 5) is 1.82. The van der Waals surface area contributed by atoms with E-state index >= 15 is 0 Å². The Morgan fingerprint density at radius 3 is 2.58 bits per heavy atom. The van der Waals surface area contributed by atoms with Gasteiger partial charge >= 0.3 is 0 Å². The maximum absolute atomic E-state index is 10.2. The van der Waals surface area contributed by atoms with Gasteiger partial charge < -0.3 is 19.8 Å². The largest absolute Gasteiger partial charge is 0.364 e. The van der Waals surface area contributed by atoms with E-state index in [4.69, 9.17) is 4.74 Å². The van der Waals surface area contributed by atoms with E-state index in [2.05, 4.69) is 19.1 Å². The highest BCUT2D eigenvalue weighted by Gasteiger charge is 2.42. The molecule has 1 aromatic rings. The first kappa shape index (κ1) is 12.7. The molecule has 0 saturated carbocycles. The maximum Gasteiger partial charge on any atom is 0.241 e. The number of allylic oxidation sites excluding steroid dienone is 1. The maximum atomic E-state index is 10.2. The van der Waals surface area contributed by atoms with Crippen LogP contribution in [0.15, 0.2) is 18.2 Å². The van der Waals surface area contributed by atoms with E-state index in [0.29, 0.717) is 0 Å². The summed E-state index contributed by atoms with van der Waals surface area (Å²) in [7, 11) is 0. The molecule has 0 radical (unpaired) electrons. The minimum absolute atomic E-state index is 0.360. The van der Waals surface area contributed by atoms with E-state index in [1.807, 2.05) is 31.7 Å². The van der Waals surface area contributed by atoms with Crippen LogP contribution in [0.4, 0.5) is 5.69 Å². The van der Waals surface area contributed by atoms with Gasteiger partial charge in [0.25, 0.3) is 0 Å². The second-order valence-electron chi connectivity index (χ2n) is 5.92. The molecule has 0 saturated heterocycles. The number of aryl methyl sites for hydroxylation is 1. The molecular formula is C15H19NO3. The van der Waals surface area contributed by atoms with Crippen molar-refractivity contribution in [3.8, 4) is 0 Å². The highest BCUT2D eigenvalue weighted by Crippen LogP contribution is 2.47. The van der Waals surface area contributed by atoms with Crippen LogP contribution >= 0.6 is 0 Å². The quantitative estimate of drug-likeness (QED) is 0.752. The van der Waals surface area contributed by atoms with Crippen LogP contribution in [0.2, 0.25) is 0 Å². The molecule has 0 unspecified atom stereocenters. The number of hydrogen-bond acceptors (Lipinski definition) is 4. The van der Waals surface area contributed by atoms with Crippen LogP contribution < -0.4 is 4.90 Å². The van der Waals surface area contributed by atoms with E-state index in [1.54, 1.807) is 0 Å². The standard InChI is InChI=1S/C15H19NO3/c1-8-5-10-9(2)7-15(3,4)16-12(10)11(6-8)13(17)19-14(16)18/h5-7,13-14,17-18H,1-4H3/t13-,14-/m1/s1. The first-order chi connectivity index (χ1) is 8.81. The molecule has 4 heteroatoms. The number of anilines is 1. The second kappa shape index (κ2) is 3.82. The molecule has 0 spiro atoms. The molecule has 0 amide bonds. The van der Waals surface area contributed by atoms with Gasteiger partial charge in [0.2, 0.25) is 6.41 Å². The van der Waals surface area contributed by atoms with Gasteiger partial charge in [-0.05, 0) is 51.0 Å². The molecule has 19 heavy (non-hydrogen) atoms. The molecule has 0 aliphatic carbocycles. The van der Waals surface area contributed by atoms with Crippen molar-refractivity contribution in [2.45, 2.75) is 45.9 Å². The summed E-state index contributed by atoms with van der Waals surface area (Å²) >= 11 is 0. The van der Waals surface area contributed by atoms with E-state index in [9.17, 15) is 10.2 Å².